The topological polar surface area (TPSA) is 72.9 Å². The molecule has 1 unspecified atom stereocenters. The van der Waals surface area contributed by atoms with E-state index in [0.29, 0.717) is 19.0 Å². The van der Waals surface area contributed by atoms with Gasteiger partial charge in [0.2, 0.25) is 0 Å². The molecule has 2 N–H and O–H groups in total. The van der Waals surface area contributed by atoms with Crippen LogP contribution in [-0.2, 0) is 4.79 Å². The van der Waals surface area contributed by atoms with E-state index in [9.17, 15) is 9.59 Å². The highest BCUT2D eigenvalue weighted by atomic mass is 16.4. The number of carbonyl (C=O) groups is 2. The molecule has 0 aromatic rings. The fraction of sp³-hybridized carbons (Fsp3) is 0.857. The third-order valence-electron chi connectivity index (χ3n) is 4.67. The first kappa shape index (κ1) is 15.1. The predicted octanol–water partition coefficient (Wildman–Crippen LogP) is 0.690. The summed E-state index contributed by atoms with van der Waals surface area (Å²) in [6.07, 6.45) is 2.27. The van der Waals surface area contributed by atoms with E-state index >= 15 is 0 Å². The molecule has 6 nitrogen and oxygen atoms in total. The van der Waals surface area contributed by atoms with Gasteiger partial charge in [-0.2, -0.15) is 0 Å². The molecule has 0 saturated carbocycles. The Bertz CT molecular complexity index is 361. The second-order valence-corrected chi connectivity index (χ2v) is 6.22. The Kier molecular flexibility index (Phi) is 4.86. The fourth-order valence-electron chi connectivity index (χ4n) is 2.81. The van der Waals surface area contributed by atoms with Crippen molar-refractivity contribution in [2.24, 2.45) is 17.8 Å². The van der Waals surface area contributed by atoms with E-state index in [1.54, 1.807) is 11.8 Å². The maximum Gasteiger partial charge on any atom is 0.317 e. The van der Waals surface area contributed by atoms with Gasteiger partial charge >= 0.3 is 12.0 Å². The Hall–Kier alpha value is -1.30. The molecule has 1 atom stereocenters. The predicted molar refractivity (Wildman–Crippen MR) is 75.5 cm³/mol. The van der Waals surface area contributed by atoms with Gasteiger partial charge in [0, 0.05) is 25.6 Å². The number of aliphatic carboxylic acids is 1. The van der Waals surface area contributed by atoms with Gasteiger partial charge in [-0.1, -0.05) is 6.92 Å². The van der Waals surface area contributed by atoms with Crippen LogP contribution in [0.2, 0.25) is 0 Å². The molecule has 0 aliphatic carbocycles. The first-order chi connectivity index (χ1) is 9.47. The number of carboxylic acid groups (broad SMARTS) is 1. The lowest BCUT2D eigenvalue weighted by Crippen LogP contribution is -2.57. The van der Waals surface area contributed by atoms with Crippen molar-refractivity contribution in [2.45, 2.75) is 19.8 Å². The highest BCUT2D eigenvalue weighted by Gasteiger charge is 2.37. The summed E-state index contributed by atoms with van der Waals surface area (Å²) in [6.45, 7) is 5.77. The minimum atomic E-state index is -0.776. The van der Waals surface area contributed by atoms with Crippen LogP contribution < -0.4 is 5.32 Å². The van der Waals surface area contributed by atoms with Crippen molar-refractivity contribution in [1.82, 2.24) is 15.1 Å². The largest absolute Gasteiger partial charge is 0.481 e. The van der Waals surface area contributed by atoms with Crippen molar-refractivity contribution in [1.29, 1.82) is 0 Å². The van der Waals surface area contributed by atoms with Gasteiger partial charge in [0.25, 0.3) is 0 Å². The maximum absolute atomic E-state index is 11.9. The average Bonchev–Trinajstić information content (AvgIpc) is 2.36. The number of nitrogens with zero attached hydrogens (tertiary/aromatic N) is 2. The minimum absolute atomic E-state index is 0.0437. The van der Waals surface area contributed by atoms with E-state index in [1.165, 1.54) is 0 Å². The zero-order valence-corrected chi connectivity index (χ0v) is 12.3. The summed E-state index contributed by atoms with van der Waals surface area (Å²) in [6, 6.07) is -0.0437. The van der Waals surface area contributed by atoms with Crippen molar-refractivity contribution in [3.8, 4) is 0 Å². The Morgan fingerprint density at radius 3 is 2.45 bits per heavy atom. The van der Waals surface area contributed by atoms with Gasteiger partial charge in [0.1, 0.15) is 0 Å². The summed E-state index contributed by atoms with van der Waals surface area (Å²) in [5, 5.41) is 11.9. The number of hydrogen-bond acceptors (Lipinski definition) is 3. The molecule has 2 saturated heterocycles. The number of amides is 2. The van der Waals surface area contributed by atoms with Gasteiger partial charge in [-0.25, -0.2) is 4.79 Å². The second-order valence-electron chi connectivity index (χ2n) is 6.22. The summed E-state index contributed by atoms with van der Waals surface area (Å²) in [5.74, 6) is -0.471. The Morgan fingerprint density at radius 2 is 1.90 bits per heavy atom. The van der Waals surface area contributed by atoms with Crippen molar-refractivity contribution in [3.05, 3.63) is 0 Å². The first-order valence-electron chi connectivity index (χ1n) is 7.41. The number of urea groups is 1. The molecule has 0 aromatic heterocycles. The van der Waals surface area contributed by atoms with Crippen LogP contribution in [0.4, 0.5) is 4.79 Å². The lowest BCUT2D eigenvalue weighted by molar-refractivity contribution is -0.144. The minimum Gasteiger partial charge on any atom is -0.481 e. The number of hydrogen-bond donors (Lipinski definition) is 2. The van der Waals surface area contributed by atoms with Crippen LogP contribution in [0.25, 0.3) is 0 Å². The van der Waals surface area contributed by atoms with Gasteiger partial charge in [-0.15, -0.1) is 0 Å². The standard InChI is InChI=1S/C14H25N3O3/c1-10(13(18)19)12-8-17(9-12)14(20)15-7-11-3-5-16(2)6-4-11/h10-12H,3-9H2,1-2H3,(H,15,20)(H,18,19). The van der Waals surface area contributed by atoms with E-state index in [1.807, 2.05) is 0 Å². The molecule has 0 spiro atoms. The third-order valence-corrected chi connectivity index (χ3v) is 4.67. The lowest BCUT2D eigenvalue weighted by Gasteiger charge is -2.41. The van der Waals surface area contributed by atoms with Crippen molar-refractivity contribution < 1.29 is 14.7 Å². The summed E-state index contributed by atoms with van der Waals surface area (Å²) in [4.78, 5) is 26.8. The molecule has 2 aliphatic rings. The Labute approximate surface area is 120 Å². The van der Waals surface area contributed by atoms with E-state index in [0.717, 1.165) is 32.5 Å². The molecule has 20 heavy (non-hydrogen) atoms. The van der Waals surface area contributed by atoms with Crippen LogP contribution in [0.3, 0.4) is 0 Å². The monoisotopic (exact) mass is 283 g/mol. The lowest BCUT2D eigenvalue weighted by atomic mass is 9.87. The van der Waals surface area contributed by atoms with Crippen LogP contribution in [0.5, 0.6) is 0 Å². The molecular formula is C14H25N3O3. The number of likely N-dealkylation sites (tertiary alicyclic amines) is 2. The number of piperidine rings is 1. The van der Waals surface area contributed by atoms with Crippen LogP contribution in [-0.4, -0.2) is 66.7 Å². The molecule has 0 bridgehead atoms. The molecule has 0 aromatic carbocycles. The van der Waals surface area contributed by atoms with Crippen LogP contribution >= 0.6 is 0 Å². The van der Waals surface area contributed by atoms with Crippen LogP contribution in [0, 0.1) is 17.8 Å². The number of carboxylic acids is 1. The fourth-order valence-corrected chi connectivity index (χ4v) is 2.81. The summed E-state index contributed by atoms with van der Waals surface area (Å²) >= 11 is 0. The highest BCUT2D eigenvalue weighted by molar-refractivity contribution is 5.76. The third kappa shape index (κ3) is 3.62. The van der Waals surface area contributed by atoms with E-state index in [-0.39, 0.29) is 17.9 Å². The van der Waals surface area contributed by atoms with Gasteiger partial charge < -0.3 is 20.2 Å². The Morgan fingerprint density at radius 1 is 1.30 bits per heavy atom. The SMILES string of the molecule is CC(C(=O)O)C1CN(C(=O)NCC2CCN(C)CC2)C1. The van der Waals surface area contributed by atoms with Gasteiger partial charge in [-0.3, -0.25) is 4.79 Å². The summed E-state index contributed by atoms with van der Waals surface area (Å²) in [7, 11) is 2.12. The van der Waals surface area contributed by atoms with Crippen LogP contribution in [0.15, 0.2) is 0 Å². The molecule has 114 valence electrons. The van der Waals surface area contributed by atoms with Crippen LogP contribution in [0.1, 0.15) is 19.8 Å². The zero-order valence-electron chi connectivity index (χ0n) is 12.3. The maximum atomic E-state index is 11.9. The number of rotatable bonds is 4. The average molecular weight is 283 g/mol. The first-order valence-corrected chi connectivity index (χ1v) is 7.41. The zero-order chi connectivity index (χ0) is 14.7. The highest BCUT2D eigenvalue weighted by Crippen LogP contribution is 2.24. The molecule has 2 heterocycles. The van der Waals surface area contributed by atoms with E-state index < -0.39 is 5.97 Å². The van der Waals surface area contributed by atoms with Crippen molar-refractivity contribution in [3.63, 3.8) is 0 Å². The normalized spacial score (nSPS) is 23.2. The molecule has 6 heteroatoms. The summed E-state index contributed by atoms with van der Waals surface area (Å²) < 4.78 is 0. The number of nitrogens with one attached hydrogen (secondary N) is 1. The van der Waals surface area contributed by atoms with E-state index in [2.05, 4.69) is 17.3 Å². The second kappa shape index (κ2) is 6.43. The van der Waals surface area contributed by atoms with E-state index in [4.69, 9.17) is 5.11 Å². The molecular weight excluding hydrogens is 258 g/mol. The smallest absolute Gasteiger partial charge is 0.317 e. The molecule has 2 aliphatic heterocycles. The van der Waals surface area contributed by atoms with Gasteiger partial charge in [-0.05, 0) is 38.9 Å². The molecule has 2 fully saturated rings. The van der Waals surface area contributed by atoms with Gasteiger partial charge in [0.05, 0.1) is 5.92 Å². The summed E-state index contributed by atoms with van der Waals surface area (Å²) in [5.41, 5.74) is 0. The van der Waals surface area contributed by atoms with Crippen molar-refractivity contribution >= 4 is 12.0 Å². The molecule has 2 amide bonds. The molecule has 0 radical (unpaired) electrons. The Balaban J connectivity index is 1.63. The quantitative estimate of drug-likeness (QED) is 0.796. The molecule has 2 rings (SSSR count). The van der Waals surface area contributed by atoms with Crippen molar-refractivity contribution in [2.75, 3.05) is 39.8 Å². The number of carbonyl (C=O) groups excluding carboxylic acids is 1. The van der Waals surface area contributed by atoms with Gasteiger partial charge in [0.15, 0.2) is 0 Å².